The molecule has 0 heterocycles. The number of rotatable bonds is 9. The average molecular weight is 386 g/mol. The number of aliphatic imine (C=N–C) groups is 1. The molecule has 8 heteroatoms. The zero-order chi connectivity index (χ0) is 21.0. The number of alkyl carbamates (subject to hydrolysis) is 1. The fourth-order valence-electron chi connectivity index (χ4n) is 2.34. The molecule has 158 valence electrons. The van der Waals surface area contributed by atoms with Gasteiger partial charge in [0.25, 0.3) is 0 Å². The number of nitrogens with one attached hydrogen (secondary N) is 3. The van der Waals surface area contributed by atoms with E-state index in [4.69, 9.17) is 4.74 Å². The zero-order valence-electron chi connectivity index (χ0n) is 18.3. The van der Waals surface area contributed by atoms with E-state index in [1.54, 1.807) is 7.05 Å². The van der Waals surface area contributed by atoms with Crippen molar-refractivity contribution in [1.82, 2.24) is 20.9 Å². The van der Waals surface area contributed by atoms with Crippen LogP contribution in [0.15, 0.2) is 4.99 Å². The maximum atomic E-state index is 12.0. The number of hydrogen-bond acceptors (Lipinski definition) is 4. The number of hydrogen-bond donors (Lipinski definition) is 3. The fourth-order valence-corrected chi connectivity index (χ4v) is 2.34. The molecule has 0 aliphatic heterocycles. The van der Waals surface area contributed by atoms with Crippen molar-refractivity contribution >= 4 is 18.0 Å². The van der Waals surface area contributed by atoms with Crippen LogP contribution in [-0.2, 0) is 9.53 Å². The lowest BCUT2D eigenvalue weighted by Crippen LogP contribution is -2.47. The minimum absolute atomic E-state index is 0.0201. The van der Waals surface area contributed by atoms with Gasteiger partial charge in [0.1, 0.15) is 5.60 Å². The molecule has 0 aromatic rings. The van der Waals surface area contributed by atoms with E-state index in [1.165, 1.54) is 0 Å². The third-order valence-corrected chi connectivity index (χ3v) is 3.83. The van der Waals surface area contributed by atoms with Gasteiger partial charge >= 0.3 is 6.09 Å². The Balaban J connectivity index is 4.54. The summed E-state index contributed by atoms with van der Waals surface area (Å²) >= 11 is 0. The number of nitrogens with zero attached hydrogens (tertiary/aromatic N) is 2. The Kier molecular flexibility index (Phi) is 11.5. The molecular weight excluding hydrogens is 346 g/mol. The molecule has 27 heavy (non-hydrogen) atoms. The lowest BCUT2D eigenvalue weighted by atomic mass is 10.0. The van der Waals surface area contributed by atoms with Crippen LogP contribution in [0.2, 0.25) is 0 Å². The molecular formula is C19H39N5O3. The predicted molar refractivity (Wildman–Crippen MR) is 110 cm³/mol. The molecule has 3 N–H and O–H groups in total. The first kappa shape index (κ1) is 25.0. The van der Waals surface area contributed by atoms with Crippen molar-refractivity contribution in [3.63, 3.8) is 0 Å². The van der Waals surface area contributed by atoms with Crippen LogP contribution < -0.4 is 16.0 Å². The number of carbonyl (C=O) groups excluding carboxylic acids is 2. The number of amides is 2. The van der Waals surface area contributed by atoms with Gasteiger partial charge in [0.15, 0.2) is 5.96 Å². The predicted octanol–water partition coefficient (Wildman–Crippen LogP) is 1.96. The van der Waals surface area contributed by atoms with Gasteiger partial charge in [-0.05, 0) is 39.5 Å². The van der Waals surface area contributed by atoms with Crippen LogP contribution in [0.5, 0.6) is 0 Å². The largest absolute Gasteiger partial charge is 0.444 e. The van der Waals surface area contributed by atoms with E-state index in [0.29, 0.717) is 19.0 Å². The first-order valence-corrected chi connectivity index (χ1v) is 9.68. The third kappa shape index (κ3) is 12.1. The summed E-state index contributed by atoms with van der Waals surface area (Å²) in [5, 5.41) is 8.82. The van der Waals surface area contributed by atoms with Crippen LogP contribution in [0.4, 0.5) is 4.79 Å². The van der Waals surface area contributed by atoms with Gasteiger partial charge in [-0.25, -0.2) is 4.79 Å². The molecule has 2 amide bonds. The van der Waals surface area contributed by atoms with Crippen molar-refractivity contribution in [2.24, 2.45) is 10.9 Å². The van der Waals surface area contributed by atoms with Gasteiger partial charge in [-0.3, -0.25) is 9.79 Å². The van der Waals surface area contributed by atoms with Gasteiger partial charge in [0.05, 0.1) is 6.54 Å². The zero-order valence-corrected chi connectivity index (χ0v) is 18.3. The smallest absolute Gasteiger partial charge is 0.407 e. The van der Waals surface area contributed by atoms with Gasteiger partial charge in [0, 0.05) is 33.2 Å². The summed E-state index contributed by atoms with van der Waals surface area (Å²) in [7, 11) is 3.59. The van der Waals surface area contributed by atoms with E-state index in [1.807, 2.05) is 39.6 Å². The summed E-state index contributed by atoms with van der Waals surface area (Å²) in [6.45, 7) is 13.2. The van der Waals surface area contributed by atoms with E-state index >= 15 is 0 Å². The van der Waals surface area contributed by atoms with Crippen molar-refractivity contribution in [1.29, 1.82) is 0 Å². The van der Waals surface area contributed by atoms with E-state index < -0.39 is 11.7 Å². The monoisotopic (exact) mass is 385 g/mol. The summed E-state index contributed by atoms with van der Waals surface area (Å²) in [4.78, 5) is 29.9. The summed E-state index contributed by atoms with van der Waals surface area (Å²) in [6, 6.07) is -0.0201. The molecule has 8 nitrogen and oxygen atoms in total. The number of guanidine groups is 1. The molecule has 0 bridgehead atoms. The Morgan fingerprint density at radius 2 is 1.81 bits per heavy atom. The summed E-state index contributed by atoms with van der Waals surface area (Å²) in [6.07, 6.45) is 1.23. The van der Waals surface area contributed by atoms with Gasteiger partial charge in [0.2, 0.25) is 5.91 Å². The SMILES string of the molecule is CCCNC(=O)CNC(=NC)N(C)CCC(NC(=O)OC(C)(C)C)C(C)C. The molecule has 0 aliphatic carbocycles. The van der Waals surface area contributed by atoms with Crippen molar-refractivity contribution in [3.05, 3.63) is 0 Å². The molecule has 0 aromatic carbocycles. The second kappa shape index (κ2) is 12.4. The van der Waals surface area contributed by atoms with Gasteiger partial charge in [-0.2, -0.15) is 0 Å². The van der Waals surface area contributed by atoms with Gasteiger partial charge < -0.3 is 25.6 Å². The third-order valence-electron chi connectivity index (χ3n) is 3.83. The molecule has 0 saturated carbocycles. The lowest BCUT2D eigenvalue weighted by Gasteiger charge is -2.28. The van der Waals surface area contributed by atoms with Crippen LogP contribution in [0.1, 0.15) is 54.4 Å². The Bertz CT molecular complexity index is 486. The summed E-state index contributed by atoms with van der Waals surface area (Å²) in [5.74, 6) is 0.847. The Labute approximate surface area is 164 Å². The summed E-state index contributed by atoms with van der Waals surface area (Å²) < 4.78 is 5.35. The first-order valence-electron chi connectivity index (χ1n) is 9.68. The maximum absolute atomic E-state index is 12.0. The molecule has 1 atom stereocenters. The second-order valence-corrected chi connectivity index (χ2v) is 7.96. The Morgan fingerprint density at radius 3 is 2.30 bits per heavy atom. The lowest BCUT2D eigenvalue weighted by molar-refractivity contribution is -0.120. The summed E-state index contributed by atoms with van der Waals surface area (Å²) in [5.41, 5.74) is -0.521. The molecule has 0 radical (unpaired) electrons. The van der Waals surface area contributed by atoms with Gasteiger partial charge in [-0.1, -0.05) is 20.8 Å². The Morgan fingerprint density at radius 1 is 1.19 bits per heavy atom. The Hall–Kier alpha value is -1.99. The van der Waals surface area contributed by atoms with E-state index in [-0.39, 0.29) is 24.4 Å². The van der Waals surface area contributed by atoms with Crippen LogP contribution >= 0.6 is 0 Å². The quantitative estimate of drug-likeness (QED) is 0.417. The molecule has 0 aromatic heterocycles. The fraction of sp³-hybridized carbons (Fsp3) is 0.842. The van der Waals surface area contributed by atoms with Crippen LogP contribution in [-0.4, -0.2) is 68.2 Å². The number of carbonyl (C=O) groups is 2. The standard InChI is InChI=1S/C19H39N5O3/c1-9-11-21-16(25)13-22-17(20-7)24(8)12-10-15(14(2)3)23-18(26)27-19(4,5)6/h14-15H,9-13H2,1-8H3,(H,20,22)(H,21,25)(H,23,26). The highest BCUT2D eigenvalue weighted by Gasteiger charge is 2.22. The number of ether oxygens (including phenoxy) is 1. The van der Waals surface area contributed by atoms with Crippen molar-refractivity contribution in [2.45, 2.75) is 66.0 Å². The second-order valence-electron chi connectivity index (χ2n) is 7.96. The molecule has 0 saturated heterocycles. The minimum Gasteiger partial charge on any atom is -0.444 e. The van der Waals surface area contributed by atoms with Crippen LogP contribution in [0.3, 0.4) is 0 Å². The highest BCUT2D eigenvalue weighted by atomic mass is 16.6. The first-order chi connectivity index (χ1) is 12.5. The van der Waals surface area contributed by atoms with E-state index in [2.05, 4.69) is 34.8 Å². The maximum Gasteiger partial charge on any atom is 0.407 e. The average Bonchev–Trinajstić information content (AvgIpc) is 2.55. The van der Waals surface area contributed by atoms with E-state index in [9.17, 15) is 9.59 Å². The van der Waals surface area contributed by atoms with E-state index in [0.717, 1.165) is 12.8 Å². The highest BCUT2D eigenvalue weighted by molar-refractivity contribution is 5.86. The minimum atomic E-state index is -0.521. The molecule has 0 fully saturated rings. The molecule has 0 aliphatic rings. The van der Waals surface area contributed by atoms with Crippen molar-refractivity contribution < 1.29 is 14.3 Å². The normalized spacial score (nSPS) is 13.1. The molecule has 0 rings (SSSR count). The van der Waals surface area contributed by atoms with Gasteiger partial charge in [-0.15, -0.1) is 0 Å². The van der Waals surface area contributed by atoms with Crippen molar-refractivity contribution in [3.8, 4) is 0 Å². The van der Waals surface area contributed by atoms with Crippen LogP contribution in [0.25, 0.3) is 0 Å². The topological polar surface area (TPSA) is 95.1 Å². The molecule has 0 spiro atoms. The van der Waals surface area contributed by atoms with Crippen LogP contribution in [0, 0.1) is 5.92 Å². The highest BCUT2D eigenvalue weighted by Crippen LogP contribution is 2.11. The van der Waals surface area contributed by atoms with Crippen molar-refractivity contribution in [2.75, 3.05) is 33.7 Å². The molecule has 1 unspecified atom stereocenters.